The number of nitrogens with one attached hydrogen (secondary N) is 1. The van der Waals surface area contributed by atoms with Gasteiger partial charge < -0.3 is 10.4 Å². The first-order valence-corrected chi connectivity index (χ1v) is 7.54. The quantitative estimate of drug-likeness (QED) is 0.784. The fraction of sp³-hybridized carbons (Fsp3) is 0.588. The minimum Gasteiger partial charge on any atom is -0.481 e. The Hall–Kier alpha value is -1.35. The van der Waals surface area contributed by atoms with E-state index in [9.17, 15) is 4.79 Å². The number of carboxylic acids is 1. The number of hydrogen-bond acceptors (Lipinski definition) is 2. The Morgan fingerprint density at radius 1 is 1.25 bits per heavy atom. The van der Waals surface area contributed by atoms with Crippen LogP contribution in [-0.4, -0.2) is 17.6 Å². The van der Waals surface area contributed by atoms with Crippen LogP contribution >= 0.6 is 0 Å². The van der Waals surface area contributed by atoms with Crippen LogP contribution in [0, 0.1) is 5.41 Å². The molecule has 0 fully saturated rings. The van der Waals surface area contributed by atoms with Gasteiger partial charge >= 0.3 is 5.97 Å². The average Bonchev–Trinajstić information content (AvgIpc) is 2.43. The molecule has 0 aromatic heterocycles. The van der Waals surface area contributed by atoms with Gasteiger partial charge in [0.15, 0.2) is 0 Å². The van der Waals surface area contributed by atoms with Crippen molar-refractivity contribution in [1.82, 2.24) is 5.32 Å². The summed E-state index contributed by atoms with van der Waals surface area (Å²) in [6.45, 7) is 5.10. The Balaban J connectivity index is 1.81. The lowest BCUT2D eigenvalue weighted by Crippen LogP contribution is -2.28. The Bertz CT molecular complexity index is 480. The Morgan fingerprint density at radius 2 is 1.95 bits per heavy atom. The monoisotopic (exact) mass is 275 g/mol. The highest BCUT2D eigenvalue weighted by Crippen LogP contribution is 2.22. The molecule has 0 unspecified atom stereocenters. The van der Waals surface area contributed by atoms with Gasteiger partial charge in [-0.15, -0.1) is 0 Å². The summed E-state index contributed by atoms with van der Waals surface area (Å²) in [6.07, 6.45) is 5.68. The fourth-order valence-electron chi connectivity index (χ4n) is 2.64. The van der Waals surface area contributed by atoms with Gasteiger partial charge in [0.1, 0.15) is 0 Å². The zero-order valence-electron chi connectivity index (χ0n) is 12.5. The predicted molar refractivity (Wildman–Crippen MR) is 80.8 cm³/mol. The molecule has 2 rings (SSSR count). The molecule has 0 spiro atoms. The summed E-state index contributed by atoms with van der Waals surface area (Å²) in [4.78, 5) is 11.0. The molecule has 0 saturated carbocycles. The number of hydrogen-bond donors (Lipinski definition) is 2. The summed E-state index contributed by atoms with van der Waals surface area (Å²) in [7, 11) is 0. The molecule has 1 aliphatic rings. The molecule has 2 N–H and O–H groups in total. The van der Waals surface area contributed by atoms with Crippen molar-refractivity contribution < 1.29 is 9.90 Å². The summed E-state index contributed by atoms with van der Waals surface area (Å²) in [6, 6.07) is 6.76. The van der Waals surface area contributed by atoms with Gasteiger partial charge in [0.2, 0.25) is 0 Å². The lowest BCUT2D eigenvalue weighted by Gasteiger charge is -2.19. The van der Waals surface area contributed by atoms with Gasteiger partial charge in [0, 0.05) is 6.54 Å². The molecular formula is C17H25NO2. The second kappa shape index (κ2) is 6.40. The second-order valence-corrected chi connectivity index (χ2v) is 6.43. The first kappa shape index (κ1) is 15.0. The Kier molecular flexibility index (Phi) is 4.81. The zero-order valence-corrected chi connectivity index (χ0v) is 12.5. The molecular weight excluding hydrogens is 250 g/mol. The van der Waals surface area contributed by atoms with E-state index in [1.807, 2.05) is 0 Å². The summed E-state index contributed by atoms with van der Waals surface area (Å²) in [5.41, 5.74) is 3.66. The van der Waals surface area contributed by atoms with Gasteiger partial charge in [0.25, 0.3) is 0 Å². The molecule has 1 aliphatic carbocycles. The highest BCUT2D eigenvalue weighted by atomic mass is 16.4. The van der Waals surface area contributed by atoms with Crippen molar-refractivity contribution in [2.24, 2.45) is 5.41 Å². The molecule has 0 radical (unpaired) electrons. The van der Waals surface area contributed by atoms with Crippen molar-refractivity contribution in [3.63, 3.8) is 0 Å². The van der Waals surface area contributed by atoms with E-state index in [1.54, 1.807) is 13.8 Å². The maximum atomic E-state index is 11.0. The molecule has 1 aromatic carbocycles. The van der Waals surface area contributed by atoms with Crippen LogP contribution in [-0.2, 0) is 24.2 Å². The molecule has 0 bridgehead atoms. The minimum atomic E-state index is -0.729. The van der Waals surface area contributed by atoms with E-state index < -0.39 is 11.4 Å². The van der Waals surface area contributed by atoms with E-state index in [0.29, 0.717) is 6.42 Å². The lowest BCUT2D eigenvalue weighted by molar-refractivity contribution is -0.147. The standard InChI is InChI=1S/C17H25NO2/c1-17(2,16(19)20)9-10-18-12-13-7-8-14-5-3-4-6-15(14)11-13/h7-8,11,18H,3-6,9-10,12H2,1-2H3,(H,19,20). The molecule has 0 saturated heterocycles. The average molecular weight is 275 g/mol. The summed E-state index contributed by atoms with van der Waals surface area (Å²) in [5, 5.41) is 12.4. The SMILES string of the molecule is CC(C)(CCNCc1ccc2c(c1)CCCC2)C(=O)O. The number of carboxylic acid groups (broad SMARTS) is 1. The minimum absolute atomic E-state index is 0.646. The van der Waals surface area contributed by atoms with Crippen LogP contribution in [0.15, 0.2) is 18.2 Å². The molecule has 0 aliphatic heterocycles. The van der Waals surface area contributed by atoms with Crippen molar-refractivity contribution in [1.29, 1.82) is 0 Å². The van der Waals surface area contributed by atoms with E-state index >= 15 is 0 Å². The van der Waals surface area contributed by atoms with E-state index in [4.69, 9.17) is 5.11 Å². The third-order valence-corrected chi connectivity index (χ3v) is 4.25. The van der Waals surface area contributed by atoms with Crippen molar-refractivity contribution in [2.45, 2.75) is 52.5 Å². The normalized spacial score (nSPS) is 14.9. The summed E-state index contributed by atoms with van der Waals surface area (Å²) in [5.74, 6) is -0.729. The van der Waals surface area contributed by atoms with E-state index in [2.05, 4.69) is 23.5 Å². The van der Waals surface area contributed by atoms with Crippen LogP contribution in [0.2, 0.25) is 0 Å². The van der Waals surface area contributed by atoms with Gasteiger partial charge in [-0.05, 0) is 69.2 Å². The number of rotatable bonds is 6. The number of aryl methyl sites for hydroxylation is 2. The van der Waals surface area contributed by atoms with Crippen molar-refractivity contribution in [2.75, 3.05) is 6.54 Å². The first-order chi connectivity index (χ1) is 9.49. The molecule has 0 amide bonds. The van der Waals surface area contributed by atoms with Gasteiger partial charge in [-0.2, -0.15) is 0 Å². The molecule has 0 heterocycles. The lowest BCUT2D eigenvalue weighted by atomic mass is 9.89. The fourth-order valence-corrected chi connectivity index (χ4v) is 2.64. The van der Waals surface area contributed by atoms with E-state index in [1.165, 1.54) is 42.4 Å². The number of carbonyl (C=O) groups is 1. The predicted octanol–water partition coefficient (Wildman–Crippen LogP) is 3.16. The van der Waals surface area contributed by atoms with E-state index in [0.717, 1.165) is 13.1 Å². The molecule has 3 nitrogen and oxygen atoms in total. The van der Waals surface area contributed by atoms with Gasteiger partial charge in [-0.25, -0.2) is 0 Å². The number of aliphatic carboxylic acids is 1. The summed E-state index contributed by atoms with van der Waals surface area (Å²) >= 11 is 0. The smallest absolute Gasteiger partial charge is 0.309 e. The van der Waals surface area contributed by atoms with Crippen molar-refractivity contribution >= 4 is 5.97 Å². The molecule has 110 valence electrons. The van der Waals surface area contributed by atoms with Crippen LogP contribution in [0.4, 0.5) is 0 Å². The number of fused-ring (bicyclic) bond motifs is 1. The van der Waals surface area contributed by atoms with Gasteiger partial charge in [-0.1, -0.05) is 18.2 Å². The zero-order chi connectivity index (χ0) is 14.6. The maximum Gasteiger partial charge on any atom is 0.309 e. The maximum absolute atomic E-state index is 11.0. The Labute approximate surface area is 121 Å². The van der Waals surface area contributed by atoms with Gasteiger partial charge in [-0.3, -0.25) is 4.79 Å². The Morgan fingerprint density at radius 3 is 2.65 bits per heavy atom. The van der Waals surface area contributed by atoms with Crippen LogP contribution in [0.25, 0.3) is 0 Å². The third kappa shape index (κ3) is 3.83. The van der Waals surface area contributed by atoms with Crippen molar-refractivity contribution in [3.05, 3.63) is 34.9 Å². The second-order valence-electron chi connectivity index (χ2n) is 6.43. The topological polar surface area (TPSA) is 49.3 Å². The van der Waals surface area contributed by atoms with Crippen LogP contribution in [0.3, 0.4) is 0 Å². The first-order valence-electron chi connectivity index (χ1n) is 7.54. The van der Waals surface area contributed by atoms with Crippen LogP contribution in [0.5, 0.6) is 0 Å². The number of benzene rings is 1. The van der Waals surface area contributed by atoms with Crippen LogP contribution < -0.4 is 5.32 Å². The van der Waals surface area contributed by atoms with E-state index in [-0.39, 0.29) is 0 Å². The highest BCUT2D eigenvalue weighted by molar-refractivity contribution is 5.73. The largest absolute Gasteiger partial charge is 0.481 e. The molecule has 1 aromatic rings. The molecule has 3 heteroatoms. The molecule has 0 atom stereocenters. The van der Waals surface area contributed by atoms with Gasteiger partial charge in [0.05, 0.1) is 5.41 Å². The molecule has 20 heavy (non-hydrogen) atoms. The summed E-state index contributed by atoms with van der Waals surface area (Å²) < 4.78 is 0. The highest BCUT2D eigenvalue weighted by Gasteiger charge is 2.26. The van der Waals surface area contributed by atoms with Crippen LogP contribution in [0.1, 0.15) is 49.8 Å². The van der Waals surface area contributed by atoms with Crippen molar-refractivity contribution in [3.8, 4) is 0 Å². The third-order valence-electron chi connectivity index (χ3n) is 4.25.